The van der Waals surface area contributed by atoms with Crippen molar-refractivity contribution in [2.24, 2.45) is 5.41 Å². The molecule has 2 aliphatic carbocycles. The second kappa shape index (κ2) is 5.72. The molecule has 2 rings (SSSR count). The van der Waals surface area contributed by atoms with Crippen LogP contribution < -0.4 is 0 Å². The molecule has 0 spiro atoms. The molecule has 2 aliphatic rings. The van der Waals surface area contributed by atoms with E-state index in [0.717, 1.165) is 41.1 Å². The Bertz CT molecular complexity index is 518. The molecular weight excluding hydrogens is 355 g/mol. The molecule has 0 aromatic rings. The van der Waals surface area contributed by atoms with Gasteiger partial charge in [0.15, 0.2) is 0 Å². The van der Waals surface area contributed by atoms with Gasteiger partial charge >= 0.3 is 136 Å². The minimum absolute atomic E-state index is 0.0129. The third kappa shape index (κ3) is 3.06. The Balaban J connectivity index is 2.41. The van der Waals surface area contributed by atoms with Crippen LogP contribution in [-0.2, 0) is 9.47 Å². The molecule has 0 aromatic carbocycles. The SMILES string of the molecule is COC1(OC2=[C]([SnH])CC=C2)CC=C(C)C=C1C(C)(C)C. The summed E-state index contributed by atoms with van der Waals surface area (Å²) in [5, 5.41) is 0. The van der Waals surface area contributed by atoms with Crippen LogP contribution in [0.15, 0.2) is 44.8 Å². The molecule has 0 N–H and O–H groups in total. The second-order valence-corrected chi connectivity index (χ2v) is 8.50. The van der Waals surface area contributed by atoms with E-state index in [0.29, 0.717) is 0 Å². The van der Waals surface area contributed by atoms with Crippen LogP contribution in [0.1, 0.15) is 40.5 Å². The van der Waals surface area contributed by atoms with Gasteiger partial charge in [0.05, 0.1) is 0 Å². The van der Waals surface area contributed by atoms with Crippen LogP contribution in [0.3, 0.4) is 0 Å². The molecule has 2 radical (unpaired) electrons. The van der Waals surface area contributed by atoms with Crippen LogP contribution in [-0.4, -0.2) is 35.4 Å². The van der Waals surface area contributed by atoms with Gasteiger partial charge in [-0.25, -0.2) is 0 Å². The Morgan fingerprint density at radius 3 is 2.50 bits per heavy atom. The van der Waals surface area contributed by atoms with Gasteiger partial charge in [0.25, 0.3) is 0 Å². The monoisotopic (exact) mass is 380 g/mol. The van der Waals surface area contributed by atoms with Gasteiger partial charge in [0.2, 0.25) is 0 Å². The molecular formula is C17H24O2Sn. The van der Waals surface area contributed by atoms with Crippen LogP contribution in [0.5, 0.6) is 0 Å². The van der Waals surface area contributed by atoms with Gasteiger partial charge in [-0.3, -0.25) is 0 Å². The van der Waals surface area contributed by atoms with Crippen LogP contribution in [0.4, 0.5) is 0 Å². The summed E-state index contributed by atoms with van der Waals surface area (Å²) in [5.74, 6) is 0.355. The summed E-state index contributed by atoms with van der Waals surface area (Å²) in [6.07, 6.45) is 10.5. The van der Waals surface area contributed by atoms with E-state index >= 15 is 0 Å². The first kappa shape index (κ1) is 15.9. The van der Waals surface area contributed by atoms with Gasteiger partial charge in [0.1, 0.15) is 0 Å². The van der Waals surface area contributed by atoms with Crippen LogP contribution in [0.25, 0.3) is 0 Å². The molecule has 0 bridgehead atoms. The van der Waals surface area contributed by atoms with Crippen molar-refractivity contribution >= 4 is 22.5 Å². The normalized spacial score (nSPS) is 26.7. The predicted octanol–water partition coefficient (Wildman–Crippen LogP) is 3.74. The molecule has 0 aromatic heterocycles. The van der Waals surface area contributed by atoms with E-state index in [1.165, 1.54) is 14.7 Å². The van der Waals surface area contributed by atoms with Gasteiger partial charge in [-0.05, 0) is 0 Å². The van der Waals surface area contributed by atoms with E-state index in [4.69, 9.17) is 9.47 Å². The van der Waals surface area contributed by atoms with Gasteiger partial charge in [-0.1, -0.05) is 0 Å². The number of ether oxygens (including phenoxy) is 2. The molecule has 2 nitrogen and oxygen atoms in total. The average Bonchev–Trinajstić information content (AvgIpc) is 2.76. The van der Waals surface area contributed by atoms with Crippen LogP contribution >= 0.6 is 0 Å². The van der Waals surface area contributed by atoms with Gasteiger partial charge in [-0.15, -0.1) is 0 Å². The third-order valence-electron chi connectivity index (χ3n) is 3.81. The summed E-state index contributed by atoms with van der Waals surface area (Å²) in [7, 11) is 1.75. The zero-order chi connectivity index (χ0) is 15.0. The Kier molecular flexibility index (Phi) is 4.55. The molecule has 20 heavy (non-hydrogen) atoms. The van der Waals surface area contributed by atoms with Crippen LogP contribution in [0.2, 0.25) is 0 Å². The molecule has 0 fully saturated rings. The molecule has 0 saturated heterocycles. The first-order valence-corrected chi connectivity index (χ1v) is 8.72. The van der Waals surface area contributed by atoms with Crippen molar-refractivity contribution in [1.82, 2.24) is 0 Å². The summed E-state index contributed by atoms with van der Waals surface area (Å²) in [6, 6.07) is 0. The molecule has 0 amide bonds. The Morgan fingerprint density at radius 1 is 1.30 bits per heavy atom. The molecule has 108 valence electrons. The summed E-state index contributed by atoms with van der Waals surface area (Å²) in [5.41, 5.74) is 2.51. The Morgan fingerprint density at radius 2 is 2.00 bits per heavy atom. The molecule has 1 atom stereocenters. The van der Waals surface area contributed by atoms with Crippen molar-refractivity contribution in [1.29, 1.82) is 0 Å². The van der Waals surface area contributed by atoms with Crippen molar-refractivity contribution in [3.05, 3.63) is 44.8 Å². The summed E-state index contributed by atoms with van der Waals surface area (Å²) in [4.78, 5) is 0. The number of allylic oxidation sites excluding steroid dienone is 5. The Labute approximate surface area is 135 Å². The van der Waals surface area contributed by atoms with Gasteiger partial charge in [-0.2, -0.15) is 0 Å². The molecule has 3 heteroatoms. The maximum absolute atomic E-state index is 6.38. The fraction of sp³-hybridized carbons (Fsp3) is 0.529. The standard InChI is InChI=1S/C17H23O2.Sn.H/c1-13-10-11-17(18-5,15(12-13)16(2,3)4)19-14-8-6-7-9-14;;/h6,8,10,12H,7,11H2,1-5H3;;. The Hall–Kier alpha value is -0.481. The minimum atomic E-state index is -0.657. The molecule has 0 saturated carbocycles. The number of methoxy groups -OCH3 is 1. The van der Waals surface area contributed by atoms with E-state index in [9.17, 15) is 0 Å². The number of hydrogen-bond donors (Lipinski definition) is 0. The van der Waals surface area contributed by atoms with Crippen LogP contribution in [0, 0.1) is 5.41 Å². The third-order valence-corrected chi connectivity index (χ3v) is 5.30. The van der Waals surface area contributed by atoms with Gasteiger partial charge < -0.3 is 0 Å². The van der Waals surface area contributed by atoms with Crippen molar-refractivity contribution in [2.75, 3.05) is 7.11 Å². The average molecular weight is 379 g/mol. The van der Waals surface area contributed by atoms with E-state index in [2.05, 4.69) is 52.0 Å². The summed E-state index contributed by atoms with van der Waals surface area (Å²) >= 11 is 1.11. The van der Waals surface area contributed by atoms with Gasteiger partial charge in [0, 0.05) is 0 Å². The van der Waals surface area contributed by atoms with E-state index in [-0.39, 0.29) is 5.41 Å². The summed E-state index contributed by atoms with van der Waals surface area (Å²) < 4.78 is 13.7. The van der Waals surface area contributed by atoms with Crippen molar-refractivity contribution in [3.63, 3.8) is 0 Å². The van der Waals surface area contributed by atoms with Crippen molar-refractivity contribution in [3.8, 4) is 0 Å². The molecule has 1 unspecified atom stereocenters. The fourth-order valence-corrected chi connectivity index (χ4v) is 3.53. The summed E-state index contributed by atoms with van der Waals surface area (Å²) in [6.45, 7) is 8.79. The number of hydrogen-bond acceptors (Lipinski definition) is 2. The van der Waals surface area contributed by atoms with Crippen molar-refractivity contribution in [2.45, 2.75) is 46.3 Å². The second-order valence-electron chi connectivity index (χ2n) is 6.52. The first-order valence-electron chi connectivity index (χ1n) is 7.07. The fourth-order valence-electron chi connectivity index (χ4n) is 2.70. The first-order chi connectivity index (χ1) is 9.28. The predicted molar refractivity (Wildman–Crippen MR) is 84.7 cm³/mol. The maximum atomic E-state index is 6.38. The zero-order valence-corrected chi connectivity index (χ0v) is 16.4. The molecule has 0 heterocycles. The van der Waals surface area contributed by atoms with E-state index in [1.807, 2.05) is 0 Å². The van der Waals surface area contributed by atoms with E-state index < -0.39 is 5.79 Å². The topological polar surface area (TPSA) is 18.5 Å². The van der Waals surface area contributed by atoms with Crippen molar-refractivity contribution < 1.29 is 9.47 Å². The zero-order valence-electron chi connectivity index (χ0n) is 13.1. The molecule has 0 aliphatic heterocycles. The number of rotatable bonds is 3. The van der Waals surface area contributed by atoms with E-state index in [1.54, 1.807) is 7.11 Å². The quantitative estimate of drug-likeness (QED) is 0.550.